The van der Waals surface area contributed by atoms with Gasteiger partial charge in [-0.25, -0.2) is 4.98 Å². The number of aliphatic hydroxyl groups is 1. The molecule has 1 fully saturated rings. The number of fused-ring (bicyclic) bond motifs is 2. The first-order valence-corrected chi connectivity index (χ1v) is 16.8. The Labute approximate surface area is 277 Å². The second kappa shape index (κ2) is 15.2. The van der Waals surface area contributed by atoms with E-state index < -0.39 is 5.60 Å². The molecule has 2 aromatic heterocycles. The van der Waals surface area contributed by atoms with Crippen molar-refractivity contribution in [3.05, 3.63) is 65.2 Å². The van der Waals surface area contributed by atoms with E-state index in [0.29, 0.717) is 6.61 Å². The number of hydrogen-bond acceptors (Lipinski definition) is 8. The van der Waals surface area contributed by atoms with Gasteiger partial charge >= 0.3 is 5.97 Å². The van der Waals surface area contributed by atoms with Gasteiger partial charge in [-0.3, -0.25) is 9.48 Å². The molecule has 46 heavy (non-hydrogen) atoms. The molecule has 3 heterocycles. The van der Waals surface area contributed by atoms with Crippen LogP contribution in [0, 0.1) is 13.8 Å². The van der Waals surface area contributed by atoms with E-state index in [-0.39, 0.29) is 12.4 Å². The van der Waals surface area contributed by atoms with Crippen molar-refractivity contribution in [2.24, 2.45) is 7.05 Å². The molecule has 0 atom stereocenters. The van der Waals surface area contributed by atoms with Gasteiger partial charge < -0.3 is 20.1 Å². The number of ether oxygens (including phenoxy) is 1. The number of aromatic nitrogens is 3. The van der Waals surface area contributed by atoms with Crippen LogP contribution in [0.5, 0.6) is 0 Å². The molecule has 5 aromatic rings. The van der Waals surface area contributed by atoms with Crippen LogP contribution in [0.2, 0.25) is 0 Å². The van der Waals surface area contributed by atoms with Gasteiger partial charge in [-0.1, -0.05) is 29.8 Å². The number of aryl methyl sites for hydroxylation is 3. The Morgan fingerprint density at radius 2 is 1.63 bits per heavy atom. The van der Waals surface area contributed by atoms with Crippen molar-refractivity contribution in [2.45, 2.75) is 66.4 Å². The van der Waals surface area contributed by atoms with Crippen LogP contribution in [0.25, 0.3) is 42.8 Å². The van der Waals surface area contributed by atoms with Crippen LogP contribution in [0.3, 0.4) is 0 Å². The minimum Gasteiger partial charge on any atom is -0.466 e. The third kappa shape index (κ3) is 8.51. The smallest absolute Gasteiger partial charge is 0.310 e. The highest BCUT2D eigenvalue weighted by atomic mass is 32.1. The zero-order chi connectivity index (χ0) is 33.6. The monoisotopic (exact) mass is 643 g/mol. The lowest BCUT2D eigenvalue weighted by Gasteiger charge is -2.14. The van der Waals surface area contributed by atoms with E-state index in [0.717, 1.165) is 67.5 Å². The predicted octanol–water partition coefficient (Wildman–Crippen LogP) is 7.45. The number of rotatable bonds is 6. The molecule has 0 bridgehead atoms. The van der Waals surface area contributed by atoms with Crippen LogP contribution in [-0.4, -0.2) is 65.2 Å². The SMILES string of the molecule is CC(C)(C)O.CCOC(=O)Cc1c(C)cc2nc(-c3ccc4c(c3)c(N3CCCC3)nn4C)sc2c1-c1ccc(C)cc1.CNC. The molecule has 0 amide bonds. The molecule has 246 valence electrons. The third-order valence-corrected chi connectivity index (χ3v) is 8.60. The second-order valence-electron chi connectivity index (χ2n) is 12.8. The summed E-state index contributed by atoms with van der Waals surface area (Å²) in [6, 6.07) is 17.2. The Hall–Kier alpha value is -3.79. The van der Waals surface area contributed by atoms with E-state index in [2.05, 4.69) is 72.6 Å². The Bertz CT molecular complexity index is 1770. The summed E-state index contributed by atoms with van der Waals surface area (Å²) in [6.45, 7) is 13.7. The summed E-state index contributed by atoms with van der Waals surface area (Å²) in [6.07, 6.45) is 2.67. The highest BCUT2D eigenvalue weighted by Gasteiger charge is 2.22. The summed E-state index contributed by atoms with van der Waals surface area (Å²) in [5.41, 5.74) is 8.11. The maximum atomic E-state index is 12.6. The molecule has 2 N–H and O–H groups in total. The highest BCUT2D eigenvalue weighted by molar-refractivity contribution is 7.22. The van der Waals surface area contributed by atoms with Crippen molar-refractivity contribution in [1.29, 1.82) is 0 Å². The van der Waals surface area contributed by atoms with E-state index in [9.17, 15) is 4.79 Å². The van der Waals surface area contributed by atoms with Crippen LogP contribution in [0.15, 0.2) is 48.5 Å². The van der Waals surface area contributed by atoms with Crippen molar-refractivity contribution in [1.82, 2.24) is 20.1 Å². The Kier molecular flexibility index (Phi) is 11.6. The van der Waals surface area contributed by atoms with Gasteiger partial charge in [-0.05, 0) is 109 Å². The van der Waals surface area contributed by atoms with Gasteiger partial charge in [0, 0.05) is 36.7 Å². The molecule has 1 aliphatic heterocycles. The maximum Gasteiger partial charge on any atom is 0.310 e. The Morgan fingerprint density at radius 3 is 2.24 bits per heavy atom. The first-order chi connectivity index (χ1) is 21.8. The van der Waals surface area contributed by atoms with Crippen LogP contribution in [0.1, 0.15) is 57.2 Å². The molecule has 0 spiro atoms. The summed E-state index contributed by atoms with van der Waals surface area (Å²) >= 11 is 1.69. The number of anilines is 1. The minimum atomic E-state index is -0.500. The quantitative estimate of drug-likeness (QED) is 0.186. The maximum absolute atomic E-state index is 12.6. The lowest BCUT2D eigenvalue weighted by Crippen LogP contribution is -2.18. The highest BCUT2D eigenvalue weighted by Crippen LogP contribution is 2.42. The van der Waals surface area contributed by atoms with E-state index in [4.69, 9.17) is 19.9 Å². The molecular formula is C37H49N5O3S. The number of benzene rings is 3. The standard InChI is InChI=1S/C31H32N4O2S.C4H10O.C2H7N/c1-5-37-27(36)18-23-20(3)16-25-29(28(23)21-10-8-19(2)9-11-21)38-31(32-25)22-12-13-26-24(17-22)30(33-34(26)4)35-14-6-7-15-35;1-4(2,3)5;1-3-2/h8-13,16-17H,5-7,14-15,18H2,1-4H3;5H,1-3H3;3H,1-2H3. The largest absolute Gasteiger partial charge is 0.466 e. The average molecular weight is 644 g/mol. The summed E-state index contributed by atoms with van der Waals surface area (Å²) in [7, 11) is 5.76. The van der Waals surface area contributed by atoms with Gasteiger partial charge in [-0.2, -0.15) is 5.10 Å². The molecule has 0 saturated carbocycles. The number of nitrogens with one attached hydrogen (secondary N) is 1. The van der Waals surface area contributed by atoms with Crippen LogP contribution >= 0.6 is 11.3 Å². The van der Waals surface area contributed by atoms with E-state index in [1.807, 2.05) is 32.7 Å². The summed E-state index contributed by atoms with van der Waals surface area (Å²) < 4.78 is 8.41. The zero-order valence-electron chi connectivity index (χ0n) is 28.8. The predicted molar refractivity (Wildman–Crippen MR) is 193 cm³/mol. The van der Waals surface area contributed by atoms with E-state index >= 15 is 0 Å². The zero-order valence-corrected chi connectivity index (χ0v) is 29.6. The minimum absolute atomic E-state index is 0.204. The summed E-state index contributed by atoms with van der Waals surface area (Å²) in [5.74, 6) is 0.861. The van der Waals surface area contributed by atoms with Crippen LogP contribution in [0.4, 0.5) is 5.82 Å². The van der Waals surface area contributed by atoms with Crippen LogP contribution in [-0.2, 0) is 23.0 Å². The fraction of sp³-hybridized carbons (Fsp3) is 0.432. The molecule has 8 nitrogen and oxygen atoms in total. The van der Waals surface area contributed by atoms with Crippen LogP contribution < -0.4 is 10.2 Å². The lowest BCUT2D eigenvalue weighted by atomic mass is 9.93. The fourth-order valence-corrected chi connectivity index (χ4v) is 6.65. The number of nitrogens with zero attached hydrogens (tertiary/aromatic N) is 4. The van der Waals surface area contributed by atoms with Crippen molar-refractivity contribution < 1.29 is 14.6 Å². The molecule has 3 aromatic carbocycles. The van der Waals surface area contributed by atoms with E-state index in [1.54, 1.807) is 32.1 Å². The van der Waals surface area contributed by atoms with Crippen molar-refractivity contribution in [3.63, 3.8) is 0 Å². The van der Waals surface area contributed by atoms with Crippen molar-refractivity contribution in [3.8, 4) is 21.7 Å². The van der Waals surface area contributed by atoms with Crippen molar-refractivity contribution >= 4 is 44.2 Å². The van der Waals surface area contributed by atoms with Gasteiger partial charge in [-0.15, -0.1) is 11.3 Å². The van der Waals surface area contributed by atoms with Gasteiger partial charge in [0.05, 0.1) is 34.4 Å². The molecule has 9 heteroatoms. The van der Waals surface area contributed by atoms with E-state index in [1.165, 1.54) is 23.8 Å². The first-order valence-electron chi connectivity index (χ1n) is 16.0. The molecule has 0 radical (unpaired) electrons. The molecule has 6 rings (SSSR count). The molecule has 0 aliphatic carbocycles. The molecular weight excluding hydrogens is 595 g/mol. The summed E-state index contributed by atoms with van der Waals surface area (Å²) in [4.78, 5) is 20.1. The molecule has 1 saturated heterocycles. The molecule has 1 aliphatic rings. The fourth-order valence-electron chi connectivity index (χ4n) is 5.51. The number of hydrogen-bond donors (Lipinski definition) is 2. The molecule has 0 unspecified atom stereocenters. The van der Waals surface area contributed by atoms with Gasteiger partial charge in [0.25, 0.3) is 0 Å². The van der Waals surface area contributed by atoms with Crippen molar-refractivity contribution in [2.75, 3.05) is 38.7 Å². The Morgan fingerprint density at radius 1 is 1.02 bits per heavy atom. The normalized spacial score (nSPS) is 13.0. The number of carbonyl (C=O) groups excluding carboxylic acids is 1. The topological polar surface area (TPSA) is 92.5 Å². The third-order valence-electron chi connectivity index (χ3n) is 7.46. The summed E-state index contributed by atoms with van der Waals surface area (Å²) in [5, 5.41) is 18.3. The number of esters is 1. The first kappa shape index (κ1) is 35.1. The van der Waals surface area contributed by atoms with Gasteiger partial charge in [0.2, 0.25) is 0 Å². The van der Waals surface area contributed by atoms with Gasteiger partial charge in [0.15, 0.2) is 5.82 Å². The lowest BCUT2D eigenvalue weighted by molar-refractivity contribution is -0.142. The number of thiazole rings is 1. The average Bonchev–Trinajstić information content (AvgIpc) is 3.73. The van der Waals surface area contributed by atoms with Gasteiger partial charge in [0.1, 0.15) is 5.01 Å². The number of carbonyl (C=O) groups is 1. The second-order valence-corrected chi connectivity index (χ2v) is 13.8. The Balaban J connectivity index is 0.000000541.